The van der Waals surface area contributed by atoms with E-state index in [4.69, 9.17) is 27.8 Å². The molecule has 2 aromatic heterocycles. The Morgan fingerprint density at radius 2 is 0.962 bits per heavy atom. The van der Waals surface area contributed by atoms with E-state index in [1.165, 1.54) is 0 Å². The van der Waals surface area contributed by atoms with E-state index in [1.807, 2.05) is 66.7 Å². The van der Waals surface area contributed by atoms with Crippen LogP contribution in [0.1, 0.15) is 50.2 Å². The largest absolute Gasteiger partial charge is 0.426 e. The number of anilines is 2. The molecule has 79 heavy (non-hydrogen) atoms. The summed E-state index contributed by atoms with van der Waals surface area (Å²) in [6.07, 6.45) is 8.91. The van der Waals surface area contributed by atoms with Gasteiger partial charge in [0.15, 0.2) is 0 Å². The third-order valence-corrected chi connectivity index (χ3v) is 10.6. The number of aromatic nitrogens is 2. The van der Waals surface area contributed by atoms with Crippen LogP contribution in [-0.4, -0.2) is 88.6 Å². The minimum Gasteiger partial charge on any atom is -0.426 e. The zero-order chi connectivity index (χ0) is 55.7. The molecule has 4 heterocycles. The fourth-order valence-corrected chi connectivity index (χ4v) is 6.89. The topological polar surface area (TPSA) is 289 Å². The van der Waals surface area contributed by atoms with Gasteiger partial charge in [0.2, 0.25) is 0 Å². The standard InChI is InChI=1S/C20H20N4O3.C13H15N3O2.C13H11NO2.C7H5ClO2.C5H6N2.ClH/c25-18-16-10-5-4-7-14(16)13-17(24-18)19(26)21-11-6-12-22-20(27)23-15-8-2-1-3-9-15;14-6-3-7-15-13(18)11-8-9-4-1-2-5-10(9)12(17)16-11;15-13(10-11-6-8-14-9-7-11)16-12-4-2-1-3-5-12;8-7(9)10-6-4-2-1-3-5-6;6-5-1-3-7-4-2-5;/h1-5,7-10H,6,11-13H2,(H,21,26)(H2,22,23,27);1-2,4-5H,3,6-8,14H2,(H,15,18);1-9H,10H2;1-5H;1-4H,(H2,6,7);1H. The molecule has 2 aliphatic rings. The third kappa shape index (κ3) is 23.6. The summed E-state index contributed by atoms with van der Waals surface area (Å²) in [6, 6.07) is 48.0. The van der Waals surface area contributed by atoms with Gasteiger partial charge in [-0.05, 0) is 109 Å². The van der Waals surface area contributed by atoms with Gasteiger partial charge < -0.3 is 42.2 Å². The smallest absolute Gasteiger partial charge is 0.409 e. The predicted octanol–water partition coefficient (Wildman–Crippen LogP) is 8.18. The number of carbonyl (C=O) groups excluding carboxylic acids is 7. The van der Waals surface area contributed by atoms with Gasteiger partial charge in [0.1, 0.15) is 22.9 Å². The van der Waals surface area contributed by atoms with E-state index in [9.17, 15) is 33.6 Å². The Balaban J connectivity index is 0.000000227. The average molecular weight is 1110 g/mol. The number of halogens is 2. The van der Waals surface area contributed by atoms with Gasteiger partial charge >= 0.3 is 17.4 Å². The van der Waals surface area contributed by atoms with E-state index in [1.54, 1.807) is 122 Å². The highest BCUT2D eigenvalue weighted by Gasteiger charge is 2.24. The number of nitrogens with two attached hydrogens (primary N) is 2. The summed E-state index contributed by atoms with van der Waals surface area (Å²) in [4.78, 5) is 96.5. The van der Waals surface area contributed by atoms with Gasteiger partial charge in [0, 0.05) is 91.4 Å². The molecule has 0 bridgehead atoms. The van der Waals surface area contributed by atoms with E-state index < -0.39 is 5.43 Å². The molecule has 0 aliphatic carbocycles. The summed E-state index contributed by atoms with van der Waals surface area (Å²) in [6.45, 7) is 1.81. The predicted molar refractivity (Wildman–Crippen MR) is 306 cm³/mol. The summed E-state index contributed by atoms with van der Waals surface area (Å²) >= 11 is 4.95. The van der Waals surface area contributed by atoms with Crippen molar-refractivity contribution in [3.05, 3.63) is 216 Å². The number of nitrogen functional groups attached to an aromatic ring is 1. The second kappa shape index (κ2) is 35.0. The first kappa shape index (κ1) is 62.1. The van der Waals surface area contributed by atoms with E-state index in [2.05, 4.69) is 46.0 Å². The van der Waals surface area contributed by atoms with Crippen LogP contribution in [0.4, 0.5) is 21.0 Å². The minimum atomic E-state index is -0.814. The Morgan fingerprint density at radius 1 is 0.532 bits per heavy atom. The Bertz CT molecular complexity index is 3080. The molecule has 0 fully saturated rings. The summed E-state index contributed by atoms with van der Waals surface area (Å²) in [5.41, 5.74) is 15.5. The van der Waals surface area contributed by atoms with Crippen molar-refractivity contribution in [2.75, 3.05) is 37.2 Å². The number of benzene rings is 5. The van der Waals surface area contributed by atoms with Crippen molar-refractivity contribution in [2.45, 2.75) is 32.1 Å². The Morgan fingerprint density at radius 3 is 1.43 bits per heavy atom. The molecule has 8 N–H and O–H groups in total. The first-order valence-electron chi connectivity index (χ1n) is 24.4. The van der Waals surface area contributed by atoms with Crippen LogP contribution in [0.2, 0.25) is 0 Å². The average Bonchev–Trinajstić information content (AvgIpc) is 3.46. The number of para-hydroxylation sites is 3. The van der Waals surface area contributed by atoms with Gasteiger partial charge in [-0.25, -0.2) is 19.6 Å². The molecule has 0 unspecified atom stereocenters. The van der Waals surface area contributed by atoms with Crippen molar-refractivity contribution in [1.82, 2.24) is 25.9 Å². The zero-order valence-electron chi connectivity index (χ0n) is 42.7. The lowest BCUT2D eigenvalue weighted by Crippen LogP contribution is -2.37. The Kier molecular flexibility index (Phi) is 27.5. The highest BCUT2D eigenvalue weighted by Crippen LogP contribution is 2.18. The van der Waals surface area contributed by atoms with Gasteiger partial charge in [0.05, 0.1) is 6.42 Å². The van der Waals surface area contributed by atoms with Gasteiger partial charge in [-0.3, -0.25) is 33.9 Å². The maximum absolute atomic E-state index is 12.2. The summed E-state index contributed by atoms with van der Waals surface area (Å²) in [7, 11) is 0. The minimum absolute atomic E-state index is 0. The lowest BCUT2D eigenvalue weighted by atomic mass is 9.98. The summed E-state index contributed by atoms with van der Waals surface area (Å²) in [5.74, 6) is -0.610. The van der Waals surface area contributed by atoms with Gasteiger partial charge in [0.25, 0.3) is 23.6 Å². The molecule has 0 radical (unpaired) electrons. The number of fused-ring (bicyclic) bond motifs is 2. The molecule has 0 saturated heterocycles. The molecule has 0 saturated carbocycles. The van der Waals surface area contributed by atoms with Crippen molar-refractivity contribution >= 4 is 87.9 Å². The zero-order valence-corrected chi connectivity index (χ0v) is 44.2. The van der Waals surface area contributed by atoms with Crippen LogP contribution >= 0.6 is 24.0 Å². The van der Waals surface area contributed by atoms with E-state index in [-0.39, 0.29) is 65.9 Å². The maximum atomic E-state index is 12.2. The highest BCUT2D eigenvalue weighted by molar-refractivity contribution is 6.61. The van der Waals surface area contributed by atoms with Gasteiger partial charge in [-0.2, -0.15) is 0 Å². The molecule has 7 aromatic rings. The number of urea groups is 1. The Labute approximate surface area is 467 Å². The molecule has 0 atom stereocenters. The number of carbonyl (C=O) groups is 7. The van der Waals surface area contributed by atoms with Crippen molar-refractivity contribution in [2.24, 2.45) is 15.7 Å². The maximum Gasteiger partial charge on any atom is 0.409 e. The highest BCUT2D eigenvalue weighted by atomic mass is 35.5. The molecule has 19 nitrogen and oxygen atoms in total. The van der Waals surface area contributed by atoms with Crippen molar-refractivity contribution < 1.29 is 43.0 Å². The Hall–Kier alpha value is -9.43. The van der Waals surface area contributed by atoms with Crippen LogP contribution in [0.3, 0.4) is 0 Å². The number of rotatable bonds is 14. The van der Waals surface area contributed by atoms with E-state index in [0.29, 0.717) is 80.2 Å². The molecular formula is C58H58Cl2N10O9. The lowest BCUT2D eigenvalue weighted by molar-refractivity contribution is -0.133. The lowest BCUT2D eigenvalue weighted by Gasteiger charge is -2.14. The van der Waals surface area contributed by atoms with Crippen LogP contribution in [-0.2, 0) is 33.6 Å². The van der Waals surface area contributed by atoms with Crippen molar-refractivity contribution in [3.8, 4) is 11.5 Å². The quantitative estimate of drug-likeness (QED) is 0.0260. The van der Waals surface area contributed by atoms with Crippen LogP contribution in [0.15, 0.2) is 199 Å². The molecule has 408 valence electrons. The van der Waals surface area contributed by atoms with Gasteiger partial charge in [-0.15, -0.1) is 12.4 Å². The third-order valence-electron chi connectivity index (χ3n) is 10.6. The molecule has 9 rings (SSSR count). The fraction of sp³-hybridized carbons (Fsp3) is 0.155. The van der Waals surface area contributed by atoms with E-state index in [0.717, 1.165) is 22.4 Å². The normalized spacial score (nSPS) is 11.3. The van der Waals surface area contributed by atoms with E-state index >= 15 is 0 Å². The fourth-order valence-electron chi connectivity index (χ4n) is 6.80. The number of aliphatic imine (C=N–C) groups is 2. The molecular weight excluding hydrogens is 1050 g/mol. The molecule has 6 amide bonds. The molecule has 5 aromatic carbocycles. The number of esters is 1. The SMILES string of the molecule is Cl.NCCCNC(=O)C1=NC(=O)c2ccccc2C1.Nc1ccncc1.O=C(Cc1ccncc1)Oc1ccccc1.O=C(Cl)Oc1ccccc1.O=C(NCCCNC(=O)C1=NC(=O)c2ccccc2C1)Nc1ccccc1. The van der Waals surface area contributed by atoms with Crippen molar-refractivity contribution in [1.29, 1.82) is 0 Å². The molecule has 0 spiro atoms. The number of hydrogen-bond acceptors (Lipinski definition) is 13. The summed E-state index contributed by atoms with van der Waals surface area (Å²) < 4.78 is 9.70. The van der Waals surface area contributed by atoms with Crippen molar-refractivity contribution in [3.63, 3.8) is 0 Å². The van der Waals surface area contributed by atoms with Crippen LogP contribution in [0, 0.1) is 0 Å². The number of hydrogen-bond donors (Lipinski definition) is 6. The number of amides is 6. The van der Waals surface area contributed by atoms with Crippen LogP contribution in [0.25, 0.3) is 0 Å². The number of pyridine rings is 2. The molecule has 21 heteroatoms. The van der Waals surface area contributed by atoms with Crippen LogP contribution < -0.4 is 42.2 Å². The second-order valence-corrected chi connectivity index (χ2v) is 16.7. The first-order valence-corrected chi connectivity index (χ1v) is 24.7. The monoisotopic (exact) mass is 1110 g/mol. The number of ether oxygens (including phenoxy) is 2. The van der Waals surface area contributed by atoms with Crippen LogP contribution in [0.5, 0.6) is 11.5 Å². The number of nitrogens with zero attached hydrogens (tertiary/aromatic N) is 4. The number of nitrogens with one attached hydrogen (secondary N) is 4. The van der Waals surface area contributed by atoms with Gasteiger partial charge in [-0.1, -0.05) is 91.0 Å². The molecule has 2 aliphatic heterocycles. The summed E-state index contributed by atoms with van der Waals surface area (Å²) in [5, 5.41) is 10.9. The first-order chi connectivity index (χ1) is 37.9. The second-order valence-electron chi connectivity index (χ2n) is 16.4.